The Hall–Kier alpha value is -9.26. The Morgan fingerprint density at radius 2 is 0.767 bits per heavy atom. The summed E-state index contributed by atoms with van der Waals surface area (Å²) < 4.78 is 0. The van der Waals surface area contributed by atoms with Crippen LogP contribution in [0.15, 0.2) is 54.6 Å². The molecule has 31 heteroatoms. The molecule has 0 saturated heterocycles. The van der Waals surface area contributed by atoms with Crippen molar-refractivity contribution in [3.8, 4) is 5.75 Å². The van der Waals surface area contributed by atoms with Gasteiger partial charge < -0.3 is 90.0 Å². The van der Waals surface area contributed by atoms with Crippen molar-refractivity contribution in [3.63, 3.8) is 0 Å². The standard InChI is InChI=1S/C55H79N11O20/c1-26(2)43(57)53(83)60-34(18-21-41(72)73)48(78)64-38(25-67)52(82)65-44(27(3)4)54(84)63-37(24-42(74)75)50(80)59-33(17-20-40(70)71)47(77)61-35(23-30-12-14-31(68)15-13-30)49(79)58-32(16-19-39(56)69)46(76)62-36(22-29-10-8-7-9-11-29)51(81)66-45(28(5)6)55(85)86/h7-15,26-28,32-38,43-45,67-68H,16-25,57H2,1-6H3,(H2,56,69)(H,58,79)(H,59,80)(H,60,83)(H,61,77)(H,62,76)(H,63,84)(H,64,78)(H,65,82)(H,66,81)(H,70,71)(H,72,73)(H,74,75)(H,85,86)/t32-,33-,34-,35-,36-,37-,38-,43-,44-,45-/m0/s1. The molecule has 10 amide bonds. The summed E-state index contributed by atoms with van der Waals surface area (Å²) in [4.78, 5) is 184. The molecule has 86 heavy (non-hydrogen) atoms. The van der Waals surface area contributed by atoms with Crippen LogP contribution in [0.1, 0.15) is 97.6 Å². The largest absolute Gasteiger partial charge is 0.508 e. The number of primary amides is 1. The highest BCUT2D eigenvalue weighted by Gasteiger charge is 2.37. The number of nitrogens with two attached hydrogens (primary N) is 2. The molecule has 0 saturated carbocycles. The lowest BCUT2D eigenvalue weighted by Crippen LogP contribution is -2.62. The summed E-state index contributed by atoms with van der Waals surface area (Å²) in [5.74, 6) is -19.2. The minimum atomic E-state index is -2.10. The number of aliphatic hydroxyl groups is 1. The number of phenols is 1. The molecule has 0 aliphatic heterocycles. The summed E-state index contributed by atoms with van der Waals surface area (Å²) in [6.45, 7) is 7.97. The normalized spacial score (nSPS) is 14.6. The van der Waals surface area contributed by atoms with Crippen molar-refractivity contribution in [1.82, 2.24) is 47.9 Å². The number of aromatic hydroxyl groups is 1. The SMILES string of the molecule is CC(C)[C@H](N)C(=O)N[C@@H](CCC(=O)O)C(=O)N[C@@H](CO)C(=O)N[C@H](C(=O)N[C@@H](CC(=O)O)C(=O)N[C@@H](CCC(=O)O)C(=O)N[C@@H](Cc1ccc(O)cc1)C(=O)N[C@@H](CCC(N)=O)C(=O)N[C@@H](Cc1ccccc1)C(=O)N[C@H](C(=O)O)C(C)C)C(C)C. The number of hydrogen-bond donors (Lipinski definition) is 17. The number of carbonyl (C=O) groups excluding carboxylic acids is 10. The van der Waals surface area contributed by atoms with E-state index < -0.39 is 219 Å². The summed E-state index contributed by atoms with van der Waals surface area (Å²) in [5, 5.41) is 79.5. The van der Waals surface area contributed by atoms with Crippen molar-refractivity contribution in [1.29, 1.82) is 0 Å². The molecule has 31 nitrogen and oxygen atoms in total. The zero-order valence-electron chi connectivity index (χ0n) is 48.3. The molecule has 19 N–H and O–H groups in total. The number of rotatable bonds is 38. The van der Waals surface area contributed by atoms with Crippen LogP contribution in [0.3, 0.4) is 0 Å². The van der Waals surface area contributed by atoms with E-state index in [1.54, 1.807) is 44.2 Å². The number of aliphatic hydroxyl groups excluding tert-OH is 1. The molecule has 2 aromatic carbocycles. The number of carboxylic acid groups (broad SMARTS) is 4. The molecule has 2 rings (SSSR count). The van der Waals surface area contributed by atoms with Gasteiger partial charge in [0.1, 0.15) is 60.1 Å². The third kappa shape index (κ3) is 25.7. The van der Waals surface area contributed by atoms with E-state index in [1.807, 2.05) is 0 Å². The first-order valence-corrected chi connectivity index (χ1v) is 27.3. The number of carbonyl (C=O) groups is 14. The summed E-state index contributed by atoms with van der Waals surface area (Å²) >= 11 is 0. The maximum Gasteiger partial charge on any atom is 0.326 e. The number of phenolic OH excluding ortho intramolecular Hbond substituents is 1. The second kappa shape index (κ2) is 35.8. The lowest BCUT2D eigenvalue weighted by molar-refractivity contribution is -0.143. The van der Waals surface area contributed by atoms with Gasteiger partial charge in [-0.25, -0.2) is 4.79 Å². The monoisotopic (exact) mass is 1210 g/mol. The molecule has 474 valence electrons. The first-order valence-electron chi connectivity index (χ1n) is 27.3. The Bertz CT molecular complexity index is 2730. The summed E-state index contributed by atoms with van der Waals surface area (Å²) in [6.07, 6.45) is -5.58. The van der Waals surface area contributed by atoms with Crippen LogP contribution in [-0.2, 0) is 80.0 Å². The Morgan fingerprint density at radius 3 is 1.17 bits per heavy atom. The van der Waals surface area contributed by atoms with Crippen molar-refractivity contribution in [3.05, 3.63) is 65.7 Å². The van der Waals surface area contributed by atoms with Crippen molar-refractivity contribution in [2.24, 2.45) is 29.2 Å². The van der Waals surface area contributed by atoms with E-state index in [1.165, 1.54) is 52.0 Å². The summed E-state index contributed by atoms with van der Waals surface area (Å²) in [6, 6.07) is -3.31. The van der Waals surface area contributed by atoms with Crippen molar-refractivity contribution < 1.29 is 97.8 Å². The van der Waals surface area contributed by atoms with Gasteiger partial charge in [-0.05, 0) is 60.3 Å². The molecular weight excluding hydrogens is 1130 g/mol. The van der Waals surface area contributed by atoms with Crippen molar-refractivity contribution in [2.75, 3.05) is 6.61 Å². The molecule has 0 fully saturated rings. The summed E-state index contributed by atoms with van der Waals surface area (Å²) in [5.41, 5.74) is 12.1. The van der Waals surface area contributed by atoms with Crippen LogP contribution in [0.2, 0.25) is 0 Å². The van der Waals surface area contributed by atoms with E-state index >= 15 is 0 Å². The van der Waals surface area contributed by atoms with Crippen LogP contribution >= 0.6 is 0 Å². The number of carboxylic acids is 4. The predicted molar refractivity (Wildman–Crippen MR) is 301 cm³/mol. The lowest BCUT2D eigenvalue weighted by Gasteiger charge is -2.29. The van der Waals surface area contributed by atoms with Crippen molar-refractivity contribution >= 4 is 82.9 Å². The molecule has 0 aliphatic carbocycles. The van der Waals surface area contributed by atoms with E-state index in [-0.39, 0.29) is 17.7 Å². The van der Waals surface area contributed by atoms with Crippen LogP contribution < -0.4 is 59.3 Å². The molecule has 0 spiro atoms. The number of nitrogens with one attached hydrogen (secondary N) is 9. The molecule has 0 unspecified atom stereocenters. The van der Waals surface area contributed by atoms with Crippen LogP contribution in [0.4, 0.5) is 0 Å². The maximum atomic E-state index is 14.4. The number of amides is 10. The van der Waals surface area contributed by atoms with Gasteiger partial charge >= 0.3 is 23.9 Å². The molecule has 2 aromatic rings. The molecule has 0 bridgehead atoms. The Morgan fingerprint density at radius 1 is 0.407 bits per heavy atom. The third-order valence-corrected chi connectivity index (χ3v) is 13.1. The minimum absolute atomic E-state index is 0.195. The summed E-state index contributed by atoms with van der Waals surface area (Å²) in [7, 11) is 0. The molecule has 0 aromatic heterocycles. The van der Waals surface area contributed by atoms with Gasteiger partial charge in [-0.3, -0.25) is 62.3 Å². The Labute approximate surface area is 494 Å². The van der Waals surface area contributed by atoms with Crippen LogP contribution in [-0.4, -0.2) is 181 Å². The van der Waals surface area contributed by atoms with E-state index in [0.717, 1.165) is 0 Å². The van der Waals surface area contributed by atoms with Gasteiger partial charge in [-0.2, -0.15) is 0 Å². The van der Waals surface area contributed by atoms with E-state index in [4.69, 9.17) is 11.5 Å². The molecule has 0 radical (unpaired) electrons. The maximum absolute atomic E-state index is 14.4. The quantitative estimate of drug-likeness (QED) is 0.0309. The van der Waals surface area contributed by atoms with E-state index in [2.05, 4.69) is 47.9 Å². The lowest BCUT2D eigenvalue weighted by atomic mass is 10.0. The first kappa shape index (κ1) is 72.8. The highest BCUT2D eigenvalue weighted by Crippen LogP contribution is 2.15. The fraction of sp³-hybridized carbons (Fsp3) is 0.527. The van der Waals surface area contributed by atoms with E-state index in [0.29, 0.717) is 5.56 Å². The van der Waals surface area contributed by atoms with Crippen molar-refractivity contribution in [2.45, 2.75) is 160 Å². The van der Waals surface area contributed by atoms with Gasteiger partial charge in [0, 0.05) is 32.1 Å². The molecule has 0 aliphatic rings. The van der Waals surface area contributed by atoms with Gasteiger partial charge in [0.2, 0.25) is 59.1 Å². The smallest absolute Gasteiger partial charge is 0.326 e. The number of hydrogen-bond acceptors (Lipinski definition) is 17. The van der Waals surface area contributed by atoms with Crippen LogP contribution in [0, 0.1) is 17.8 Å². The zero-order valence-corrected chi connectivity index (χ0v) is 48.3. The fourth-order valence-electron chi connectivity index (χ4n) is 8.09. The molecular formula is C55H79N11O20. The number of aliphatic carboxylic acids is 4. The zero-order chi connectivity index (χ0) is 65.1. The second-order valence-corrected chi connectivity index (χ2v) is 21.2. The van der Waals surface area contributed by atoms with Gasteiger partial charge in [0.25, 0.3) is 0 Å². The van der Waals surface area contributed by atoms with E-state index in [9.17, 15) is 97.8 Å². The third-order valence-electron chi connectivity index (χ3n) is 13.1. The average Bonchev–Trinajstić information content (AvgIpc) is 3.32. The minimum Gasteiger partial charge on any atom is -0.508 e. The highest BCUT2D eigenvalue weighted by molar-refractivity contribution is 5.99. The molecule has 10 atom stereocenters. The van der Waals surface area contributed by atoms with Gasteiger partial charge in [0.15, 0.2) is 0 Å². The van der Waals surface area contributed by atoms with Gasteiger partial charge in [-0.15, -0.1) is 0 Å². The average molecular weight is 1210 g/mol. The predicted octanol–water partition coefficient (Wildman–Crippen LogP) is -3.62. The fourth-order valence-corrected chi connectivity index (χ4v) is 8.09. The first-order chi connectivity index (χ1) is 40.2. The highest BCUT2D eigenvalue weighted by atomic mass is 16.4. The Kier molecular flexibility index (Phi) is 30.3. The topological polar surface area (TPSA) is 521 Å². The number of benzene rings is 2. The Balaban J connectivity index is 2.53. The second-order valence-electron chi connectivity index (χ2n) is 21.2. The van der Waals surface area contributed by atoms with Gasteiger partial charge in [-0.1, -0.05) is 84.0 Å². The van der Waals surface area contributed by atoms with Crippen LogP contribution in [0.5, 0.6) is 5.75 Å². The van der Waals surface area contributed by atoms with Gasteiger partial charge in [0.05, 0.1) is 19.1 Å². The molecule has 0 heterocycles. The van der Waals surface area contributed by atoms with Crippen LogP contribution in [0.25, 0.3) is 0 Å².